The summed E-state index contributed by atoms with van der Waals surface area (Å²) >= 11 is 1.64. The van der Waals surface area contributed by atoms with Gasteiger partial charge in [0.1, 0.15) is 6.61 Å². The molecule has 0 aliphatic rings. The number of para-hydroxylation sites is 1. The molecular formula is C15H19NO3S. The first-order valence-corrected chi connectivity index (χ1v) is 7.37. The molecular weight excluding hydrogens is 274 g/mol. The van der Waals surface area contributed by atoms with Crippen LogP contribution in [0.25, 0.3) is 0 Å². The molecule has 2 rings (SSSR count). The van der Waals surface area contributed by atoms with Gasteiger partial charge in [-0.05, 0) is 6.07 Å². The van der Waals surface area contributed by atoms with E-state index in [0.29, 0.717) is 29.6 Å². The predicted octanol–water partition coefficient (Wildman–Crippen LogP) is 3.35. The van der Waals surface area contributed by atoms with Crippen LogP contribution in [0.5, 0.6) is 11.5 Å². The van der Waals surface area contributed by atoms with Gasteiger partial charge in [0.15, 0.2) is 11.5 Å². The van der Waals surface area contributed by atoms with Gasteiger partial charge in [0, 0.05) is 16.9 Å². The molecule has 20 heavy (non-hydrogen) atoms. The molecule has 1 aromatic carbocycles. The van der Waals surface area contributed by atoms with Crippen molar-refractivity contribution in [2.24, 2.45) is 0 Å². The summed E-state index contributed by atoms with van der Waals surface area (Å²) in [6.07, 6.45) is 0. The molecule has 1 N–H and O–H groups in total. The van der Waals surface area contributed by atoms with E-state index < -0.39 is 0 Å². The molecule has 0 radical (unpaired) electrons. The third-order valence-electron chi connectivity index (χ3n) is 2.88. The number of aliphatic hydroxyl groups excluding tert-OH is 1. The number of nitrogens with zero attached hydrogens (tertiary/aromatic N) is 1. The molecule has 0 aliphatic heterocycles. The molecule has 2 aromatic rings. The lowest BCUT2D eigenvalue weighted by Crippen LogP contribution is -2.01. The molecule has 4 nitrogen and oxygen atoms in total. The SMILES string of the molecule is COc1cccc(CO)c1OCc1csc(C(C)C)n1. The van der Waals surface area contributed by atoms with Crippen LogP contribution in [0.3, 0.4) is 0 Å². The molecule has 0 bridgehead atoms. The lowest BCUT2D eigenvalue weighted by atomic mass is 10.2. The number of hydrogen-bond donors (Lipinski definition) is 1. The minimum Gasteiger partial charge on any atom is -0.493 e. The first-order valence-electron chi connectivity index (χ1n) is 6.49. The van der Waals surface area contributed by atoms with Gasteiger partial charge in [0.05, 0.1) is 24.4 Å². The topological polar surface area (TPSA) is 51.6 Å². The summed E-state index contributed by atoms with van der Waals surface area (Å²) in [5, 5.41) is 12.5. The van der Waals surface area contributed by atoms with Crippen LogP contribution in [-0.2, 0) is 13.2 Å². The van der Waals surface area contributed by atoms with Gasteiger partial charge in [0.2, 0.25) is 0 Å². The minimum atomic E-state index is -0.0825. The average Bonchev–Trinajstić information content (AvgIpc) is 2.93. The summed E-state index contributed by atoms with van der Waals surface area (Å²) in [4.78, 5) is 4.53. The number of rotatable bonds is 6. The average molecular weight is 293 g/mol. The Hall–Kier alpha value is -1.59. The fourth-order valence-electron chi connectivity index (χ4n) is 1.81. The van der Waals surface area contributed by atoms with Crippen molar-refractivity contribution in [2.75, 3.05) is 7.11 Å². The Bertz CT molecular complexity index is 544. The van der Waals surface area contributed by atoms with E-state index >= 15 is 0 Å². The molecule has 1 aromatic heterocycles. The first kappa shape index (κ1) is 14.8. The number of benzene rings is 1. The maximum absolute atomic E-state index is 9.36. The Morgan fingerprint density at radius 3 is 2.75 bits per heavy atom. The summed E-state index contributed by atoms with van der Waals surface area (Å²) in [5.74, 6) is 1.63. The molecule has 5 heteroatoms. The van der Waals surface area contributed by atoms with E-state index in [2.05, 4.69) is 18.8 Å². The number of methoxy groups -OCH3 is 1. The fraction of sp³-hybridized carbons (Fsp3) is 0.400. The molecule has 0 fully saturated rings. The van der Waals surface area contributed by atoms with Crippen molar-refractivity contribution in [3.05, 3.63) is 39.8 Å². The van der Waals surface area contributed by atoms with Crippen molar-refractivity contribution in [1.82, 2.24) is 4.98 Å². The van der Waals surface area contributed by atoms with Gasteiger partial charge < -0.3 is 14.6 Å². The highest BCUT2D eigenvalue weighted by Gasteiger charge is 2.12. The maximum Gasteiger partial charge on any atom is 0.167 e. The monoisotopic (exact) mass is 293 g/mol. The quantitative estimate of drug-likeness (QED) is 0.887. The van der Waals surface area contributed by atoms with Crippen LogP contribution >= 0.6 is 11.3 Å². The number of ether oxygens (including phenoxy) is 2. The Kier molecular flexibility index (Phi) is 4.98. The summed E-state index contributed by atoms with van der Waals surface area (Å²) < 4.78 is 11.1. The number of hydrogen-bond acceptors (Lipinski definition) is 5. The highest BCUT2D eigenvalue weighted by Crippen LogP contribution is 2.32. The van der Waals surface area contributed by atoms with Crippen LogP contribution in [0, 0.1) is 0 Å². The normalized spacial score (nSPS) is 10.8. The second kappa shape index (κ2) is 6.72. The number of aromatic nitrogens is 1. The van der Waals surface area contributed by atoms with Crippen molar-refractivity contribution in [3.8, 4) is 11.5 Å². The van der Waals surface area contributed by atoms with Crippen LogP contribution in [0.1, 0.15) is 36.0 Å². The molecule has 0 amide bonds. The van der Waals surface area contributed by atoms with Crippen LogP contribution in [0.4, 0.5) is 0 Å². The van der Waals surface area contributed by atoms with E-state index in [4.69, 9.17) is 9.47 Å². The van der Waals surface area contributed by atoms with Gasteiger partial charge in [0.25, 0.3) is 0 Å². The maximum atomic E-state index is 9.36. The van der Waals surface area contributed by atoms with Crippen molar-refractivity contribution < 1.29 is 14.6 Å². The van der Waals surface area contributed by atoms with E-state index in [9.17, 15) is 5.11 Å². The molecule has 0 saturated heterocycles. The van der Waals surface area contributed by atoms with Crippen LogP contribution < -0.4 is 9.47 Å². The van der Waals surface area contributed by atoms with Gasteiger partial charge in [-0.3, -0.25) is 0 Å². The Balaban J connectivity index is 2.13. The molecule has 1 heterocycles. The largest absolute Gasteiger partial charge is 0.493 e. The second-order valence-electron chi connectivity index (χ2n) is 4.73. The van der Waals surface area contributed by atoms with Gasteiger partial charge in [-0.25, -0.2) is 4.98 Å². The second-order valence-corrected chi connectivity index (χ2v) is 5.62. The zero-order chi connectivity index (χ0) is 14.5. The van der Waals surface area contributed by atoms with E-state index in [1.807, 2.05) is 23.6 Å². The van der Waals surface area contributed by atoms with Crippen molar-refractivity contribution in [3.63, 3.8) is 0 Å². The van der Waals surface area contributed by atoms with E-state index in [-0.39, 0.29) is 6.61 Å². The molecule has 0 saturated carbocycles. The number of aliphatic hydroxyl groups is 1. The number of thiazole rings is 1. The summed E-state index contributed by atoms with van der Waals surface area (Å²) in [6, 6.07) is 5.46. The van der Waals surface area contributed by atoms with Crippen LogP contribution in [0.2, 0.25) is 0 Å². The van der Waals surface area contributed by atoms with E-state index in [1.165, 1.54) is 0 Å². The van der Waals surface area contributed by atoms with E-state index in [1.54, 1.807) is 18.4 Å². The Labute approximate surface area is 123 Å². The molecule has 0 unspecified atom stereocenters. The standard InChI is InChI=1S/C15H19NO3S/c1-10(2)15-16-12(9-20-15)8-19-14-11(7-17)5-4-6-13(14)18-3/h4-6,9-10,17H,7-8H2,1-3H3. The third-order valence-corrected chi connectivity index (χ3v) is 4.07. The van der Waals surface area contributed by atoms with Gasteiger partial charge >= 0.3 is 0 Å². The van der Waals surface area contributed by atoms with Gasteiger partial charge in [-0.15, -0.1) is 11.3 Å². The predicted molar refractivity (Wildman–Crippen MR) is 79.5 cm³/mol. The molecule has 108 valence electrons. The van der Waals surface area contributed by atoms with Crippen LogP contribution in [-0.4, -0.2) is 17.2 Å². The first-order chi connectivity index (χ1) is 9.65. The Morgan fingerprint density at radius 2 is 2.15 bits per heavy atom. The van der Waals surface area contributed by atoms with Crippen LogP contribution in [0.15, 0.2) is 23.6 Å². The van der Waals surface area contributed by atoms with Crippen molar-refractivity contribution in [2.45, 2.75) is 33.0 Å². The van der Waals surface area contributed by atoms with Crippen molar-refractivity contribution in [1.29, 1.82) is 0 Å². The van der Waals surface area contributed by atoms with E-state index in [0.717, 1.165) is 10.7 Å². The molecule has 0 aliphatic carbocycles. The summed E-state index contributed by atoms with van der Waals surface area (Å²) in [5.41, 5.74) is 1.61. The van der Waals surface area contributed by atoms with Crippen molar-refractivity contribution >= 4 is 11.3 Å². The smallest absolute Gasteiger partial charge is 0.167 e. The van der Waals surface area contributed by atoms with Gasteiger partial charge in [-0.2, -0.15) is 0 Å². The third kappa shape index (κ3) is 3.29. The van der Waals surface area contributed by atoms with Gasteiger partial charge in [-0.1, -0.05) is 26.0 Å². The zero-order valence-electron chi connectivity index (χ0n) is 11.9. The Morgan fingerprint density at radius 1 is 1.35 bits per heavy atom. The fourth-order valence-corrected chi connectivity index (χ4v) is 2.63. The highest BCUT2D eigenvalue weighted by molar-refractivity contribution is 7.09. The highest BCUT2D eigenvalue weighted by atomic mass is 32.1. The minimum absolute atomic E-state index is 0.0825. The lowest BCUT2D eigenvalue weighted by molar-refractivity contribution is 0.248. The lowest BCUT2D eigenvalue weighted by Gasteiger charge is -2.13. The zero-order valence-corrected chi connectivity index (χ0v) is 12.7. The molecule has 0 spiro atoms. The molecule has 0 atom stereocenters. The summed E-state index contributed by atoms with van der Waals surface area (Å²) in [7, 11) is 1.59. The summed E-state index contributed by atoms with van der Waals surface area (Å²) in [6.45, 7) is 4.53.